The average molecular weight is 153 g/mol. The number of phenolic OH excluding ortho intramolecular Hbond substituents is 1. The number of rotatable bonds is 2. The highest BCUT2D eigenvalue weighted by molar-refractivity contribution is 5.43. The third-order valence-electron chi connectivity index (χ3n) is 1.31. The zero-order valence-electron chi connectivity index (χ0n) is 6.42. The first kappa shape index (κ1) is 7.72. The number of methoxy groups -OCH3 is 2. The Kier molecular flexibility index (Phi) is 2.21. The van der Waals surface area contributed by atoms with Crippen molar-refractivity contribution in [3.05, 3.63) is 18.2 Å². The lowest BCUT2D eigenvalue weighted by Gasteiger charge is -2.04. The van der Waals surface area contributed by atoms with Gasteiger partial charge in [0.05, 0.1) is 14.2 Å². The number of phenols is 1. The molecular formula is C8H9O3. The van der Waals surface area contributed by atoms with E-state index in [9.17, 15) is 0 Å². The molecule has 0 heterocycles. The zero-order valence-corrected chi connectivity index (χ0v) is 6.42. The van der Waals surface area contributed by atoms with Crippen molar-refractivity contribution in [3.63, 3.8) is 0 Å². The van der Waals surface area contributed by atoms with Crippen LogP contribution in [0, 0.1) is 6.07 Å². The molecule has 1 radical (unpaired) electrons. The molecule has 0 aliphatic carbocycles. The molecule has 0 amide bonds. The second-order valence-electron chi connectivity index (χ2n) is 1.96. The van der Waals surface area contributed by atoms with Crippen molar-refractivity contribution in [1.29, 1.82) is 0 Å². The standard InChI is InChI=1S/C8H9O3/c1-10-6-3-4-7(9)8(5-6)11-2/h3,5,9H,1-2H3. The van der Waals surface area contributed by atoms with Gasteiger partial charge in [0.2, 0.25) is 0 Å². The summed E-state index contributed by atoms with van der Waals surface area (Å²) in [5.41, 5.74) is 0. The molecule has 1 rings (SSSR count). The van der Waals surface area contributed by atoms with Crippen LogP contribution in [0.5, 0.6) is 17.2 Å². The third-order valence-corrected chi connectivity index (χ3v) is 1.31. The minimum atomic E-state index is -0.00620. The number of ether oxygens (including phenoxy) is 2. The molecule has 0 aliphatic rings. The van der Waals surface area contributed by atoms with Crippen LogP contribution in [0.2, 0.25) is 0 Å². The van der Waals surface area contributed by atoms with Crippen molar-refractivity contribution < 1.29 is 14.6 Å². The Morgan fingerprint density at radius 2 is 2.09 bits per heavy atom. The largest absolute Gasteiger partial charge is 0.504 e. The van der Waals surface area contributed by atoms with Gasteiger partial charge in [-0.3, -0.25) is 0 Å². The second-order valence-corrected chi connectivity index (χ2v) is 1.96. The molecule has 0 aromatic heterocycles. The highest BCUT2D eigenvalue weighted by atomic mass is 16.5. The minimum Gasteiger partial charge on any atom is -0.504 e. The molecule has 0 spiro atoms. The smallest absolute Gasteiger partial charge is 0.166 e. The molecule has 3 heteroatoms. The number of aromatic hydroxyl groups is 1. The molecule has 0 saturated heterocycles. The highest BCUT2D eigenvalue weighted by Gasteiger charge is 2.01. The molecule has 3 nitrogen and oxygen atoms in total. The van der Waals surface area contributed by atoms with Crippen LogP contribution in [0.25, 0.3) is 0 Å². The van der Waals surface area contributed by atoms with E-state index in [1.54, 1.807) is 13.2 Å². The lowest BCUT2D eigenvalue weighted by molar-refractivity contribution is 0.363. The van der Waals surface area contributed by atoms with Gasteiger partial charge in [0.1, 0.15) is 5.75 Å². The van der Waals surface area contributed by atoms with Crippen LogP contribution in [-0.2, 0) is 0 Å². The van der Waals surface area contributed by atoms with Crippen molar-refractivity contribution in [3.8, 4) is 17.2 Å². The van der Waals surface area contributed by atoms with Crippen LogP contribution in [0.4, 0.5) is 0 Å². The SMILES string of the molecule is COc1c[c]c(O)c(OC)c1. The van der Waals surface area contributed by atoms with Crippen LogP contribution >= 0.6 is 0 Å². The summed E-state index contributed by atoms with van der Waals surface area (Å²) in [6.07, 6.45) is 0. The molecule has 1 N–H and O–H groups in total. The average Bonchev–Trinajstić information content (AvgIpc) is 2.05. The van der Waals surface area contributed by atoms with Gasteiger partial charge in [0, 0.05) is 12.1 Å². The summed E-state index contributed by atoms with van der Waals surface area (Å²) in [5.74, 6) is 0.970. The minimum absolute atomic E-state index is 0.00620. The first-order valence-corrected chi connectivity index (χ1v) is 3.10. The number of hydrogen-bond acceptors (Lipinski definition) is 3. The van der Waals surface area contributed by atoms with E-state index in [1.807, 2.05) is 0 Å². The molecule has 0 aliphatic heterocycles. The molecule has 0 bridgehead atoms. The monoisotopic (exact) mass is 153 g/mol. The summed E-state index contributed by atoms with van der Waals surface area (Å²) in [5, 5.41) is 9.09. The van der Waals surface area contributed by atoms with Crippen LogP contribution in [-0.4, -0.2) is 19.3 Å². The van der Waals surface area contributed by atoms with E-state index in [2.05, 4.69) is 6.07 Å². The van der Waals surface area contributed by atoms with E-state index in [1.165, 1.54) is 13.2 Å². The molecule has 59 valence electrons. The Balaban J connectivity index is 3.02. The van der Waals surface area contributed by atoms with Crippen molar-refractivity contribution >= 4 is 0 Å². The number of benzene rings is 1. The summed E-state index contributed by atoms with van der Waals surface area (Å²) in [4.78, 5) is 0. The molecular weight excluding hydrogens is 144 g/mol. The lowest BCUT2D eigenvalue weighted by Crippen LogP contribution is -1.86. The Bertz CT molecular complexity index is 245. The fraction of sp³-hybridized carbons (Fsp3) is 0.250. The summed E-state index contributed by atoms with van der Waals surface area (Å²) < 4.78 is 9.72. The van der Waals surface area contributed by atoms with Crippen molar-refractivity contribution in [2.45, 2.75) is 0 Å². The van der Waals surface area contributed by atoms with Gasteiger partial charge in [-0.1, -0.05) is 0 Å². The molecule has 1 aromatic rings. The Labute approximate surface area is 65.2 Å². The van der Waals surface area contributed by atoms with Gasteiger partial charge in [-0.15, -0.1) is 0 Å². The van der Waals surface area contributed by atoms with E-state index in [0.29, 0.717) is 11.5 Å². The van der Waals surface area contributed by atoms with E-state index in [4.69, 9.17) is 14.6 Å². The van der Waals surface area contributed by atoms with E-state index < -0.39 is 0 Å². The molecule has 0 unspecified atom stereocenters. The van der Waals surface area contributed by atoms with Crippen LogP contribution in [0.15, 0.2) is 12.1 Å². The van der Waals surface area contributed by atoms with Gasteiger partial charge in [0.15, 0.2) is 11.5 Å². The first-order valence-electron chi connectivity index (χ1n) is 3.10. The van der Waals surface area contributed by atoms with E-state index >= 15 is 0 Å². The predicted octanol–water partition coefficient (Wildman–Crippen LogP) is 1.21. The highest BCUT2D eigenvalue weighted by Crippen LogP contribution is 2.28. The van der Waals surface area contributed by atoms with Gasteiger partial charge >= 0.3 is 0 Å². The fourth-order valence-electron chi connectivity index (χ4n) is 0.723. The molecule has 0 fully saturated rings. The van der Waals surface area contributed by atoms with Crippen LogP contribution in [0.1, 0.15) is 0 Å². The van der Waals surface area contributed by atoms with Crippen LogP contribution < -0.4 is 9.47 Å². The first-order chi connectivity index (χ1) is 5.27. The van der Waals surface area contributed by atoms with Gasteiger partial charge in [-0.25, -0.2) is 0 Å². The van der Waals surface area contributed by atoms with Crippen molar-refractivity contribution in [2.24, 2.45) is 0 Å². The zero-order chi connectivity index (χ0) is 8.27. The van der Waals surface area contributed by atoms with E-state index in [0.717, 1.165) is 0 Å². The molecule has 1 aromatic carbocycles. The maximum absolute atomic E-state index is 9.09. The number of hydrogen-bond donors (Lipinski definition) is 1. The van der Waals surface area contributed by atoms with Crippen molar-refractivity contribution in [2.75, 3.05) is 14.2 Å². The van der Waals surface area contributed by atoms with Crippen LogP contribution in [0.3, 0.4) is 0 Å². The Hall–Kier alpha value is -1.38. The Morgan fingerprint density at radius 1 is 1.36 bits per heavy atom. The summed E-state index contributed by atoms with van der Waals surface area (Å²) >= 11 is 0. The summed E-state index contributed by atoms with van der Waals surface area (Å²) in [7, 11) is 3.02. The third kappa shape index (κ3) is 1.55. The lowest BCUT2D eigenvalue weighted by atomic mass is 10.3. The van der Waals surface area contributed by atoms with E-state index in [-0.39, 0.29) is 5.75 Å². The van der Waals surface area contributed by atoms with Gasteiger partial charge < -0.3 is 14.6 Å². The quantitative estimate of drug-likeness (QED) is 0.694. The van der Waals surface area contributed by atoms with Gasteiger partial charge in [0.25, 0.3) is 0 Å². The maximum Gasteiger partial charge on any atom is 0.166 e. The topological polar surface area (TPSA) is 38.7 Å². The summed E-state index contributed by atoms with van der Waals surface area (Å²) in [6, 6.07) is 5.70. The predicted molar refractivity (Wildman–Crippen MR) is 40.0 cm³/mol. The molecule has 0 saturated carbocycles. The maximum atomic E-state index is 9.09. The Morgan fingerprint density at radius 3 is 2.64 bits per heavy atom. The normalized spacial score (nSPS) is 9.27. The van der Waals surface area contributed by atoms with Gasteiger partial charge in [-0.2, -0.15) is 0 Å². The second kappa shape index (κ2) is 3.14. The summed E-state index contributed by atoms with van der Waals surface area (Å²) in [6.45, 7) is 0. The molecule has 11 heavy (non-hydrogen) atoms. The fourth-order valence-corrected chi connectivity index (χ4v) is 0.723. The van der Waals surface area contributed by atoms with Gasteiger partial charge in [-0.05, 0) is 6.07 Å². The van der Waals surface area contributed by atoms with Crippen molar-refractivity contribution in [1.82, 2.24) is 0 Å². The molecule has 0 atom stereocenters.